The van der Waals surface area contributed by atoms with E-state index in [2.05, 4.69) is 5.32 Å². The van der Waals surface area contributed by atoms with E-state index in [4.69, 9.17) is 14.9 Å². The zero-order valence-electron chi connectivity index (χ0n) is 11.1. The average molecular weight is 253 g/mol. The largest absolute Gasteiger partial charge is 0.496 e. The Kier molecular flexibility index (Phi) is 6.12. The van der Waals surface area contributed by atoms with E-state index < -0.39 is 5.41 Å². The summed E-state index contributed by atoms with van der Waals surface area (Å²) in [5.74, 6) is 0.895. The predicted octanol–water partition coefficient (Wildman–Crippen LogP) is 0.818. The molecule has 0 saturated heterocycles. The molecule has 0 spiro atoms. The lowest BCUT2D eigenvalue weighted by Crippen LogP contribution is -2.38. The lowest BCUT2D eigenvalue weighted by Gasteiger charge is -2.24. The monoisotopic (exact) mass is 253 g/mol. The van der Waals surface area contributed by atoms with Crippen LogP contribution >= 0.6 is 0 Å². The smallest absolute Gasteiger partial charge is 0.122 e. The van der Waals surface area contributed by atoms with Crippen LogP contribution in [-0.2, 0) is 6.42 Å². The molecule has 1 rings (SSSR count). The van der Waals surface area contributed by atoms with E-state index in [0.29, 0.717) is 6.54 Å². The predicted molar refractivity (Wildman–Crippen MR) is 71.8 cm³/mol. The number of hydrogen-bond acceptors (Lipinski definition) is 4. The Morgan fingerprint density at radius 3 is 2.50 bits per heavy atom. The second kappa shape index (κ2) is 7.36. The number of ether oxygens (including phenoxy) is 1. The van der Waals surface area contributed by atoms with Crippen molar-refractivity contribution in [2.45, 2.75) is 13.3 Å². The van der Waals surface area contributed by atoms with Gasteiger partial charge in [-0.3, -0.25) is 0 Å². The van der Waals surface area contributed by atoms with E-state index in [9.17, 15) is 0 Å². The number of rotatable bonds is 8. The van der Waals surface area contributed by atoms with Crippen LogP contribution in [0.25, 0.3) is 0 Å². The third-order valence-electron chi connectivity index (χ3n) is 3.08. The van der Waals surface area contributed by atoms with Crippen molar-refractivity contribution in [3.8, 4) is 5.75 Å². The van der Waals surface area contributed by atoms with Crippen molar-refractivity contribution in [2.75, 3.05) is 33.4 Å². The molecule has 0 aliphatic heterocycles. The normalized spacial score (nSPS) is 11.6. The number of benzene rings is 1. The molecule has 0 bridgehead atoms. The van der Waals surface area contributed by atoms with Gasteiger partial charge < -0.3 is 20.3 Å². The van der Waals surface area contributed by atoms with Crippen LogP contribution in [-0.4, -0.2) is 43.6 Å². The number of aliphatic hydroxyl groups excluding tert-OH is 2. The van der Waals surface area contributed by atoms with E-state index in [1.807, 2.05) is 31.2 Å². The van der Waals surface area contributed by atoms with Crippen LogP contribution in [0.15, 0.2) is 24.3 Å². The van der Waals surface area contributed by atoms with Crippen LogP contribution in [0, 0.1) is 5.41 Å². The number of aliphatic hydroxyl groups is 2. The minimum absolute atomic E-state index is 0.0227. The molecule has 3 N–H and O–H groups in total. The summed E-state index contributed by atoms with van der Waals surface area (Å²) in [7, 11) is 1.67. The second-order valence-corrected chi connectivity index (χ2v) is 4.87. The Bertz CT molecular complexity index is 351. The highest BCUT2D eigenvalue weighted by molar-refractivity contribution is 5.33. The SMILES string of the molecule is COc1ccccc1CCNCC(C)(CO)CO. The number of nitrogens with one attached hydrogen (secondary N) is 1. The summed E-state index contributed by atoms with van der Waals surface area (Å²) in [5, 5.41) is 21.6. The molecule has 0 aliphatic carbocycles. The molecule has 0 aromatic heterocycles. The van der Waals surface area contributed by atoms with Gasteiger partial charge in [-0.05, 0) is 24.6 Å². The van der Waals surface area contributed by atoms with Gasteiger partial charge in [-0.2, -0.15) is 0 Å². The molecule has 1 aromatic carbocycles. The molecule has 0 atom stereocenters. The average Bonchev–Trinajstić information content (AvgIpc) is 2.43. The van der Waals surface area contributed by atoms with Crippen LogP contribution in [0.1, 0.15) is 12.5 Å². The summed E-state index contributed by atoms with van der Waals surface area (Å²) in [5.41, 5.74) is 0.697. The molecule has 4 heteroatoms. The summed E-state index contributed by atoms with van der Waals surface area (Å²) in [6.07, 6.45) is 0.858. The van der Waals surface area contributed by atoms with Gasteiger partial charge in [0.25, 0.3) is 0 Å². The van der Waals surface area contributed by atoms with Gasteiger partial charge in [0.2, 0.25) is 0 Å². The third-order valence-corrected chi connectivity index (χ3v) is 3.08. The van der Waals surface area contributed by atoms with E-state index >= 15 is 0 Å². The highest BCUT2D eigenvalue weighted by Gasteiger charge is 2.21. The molecule has 1 aromatic rings. The summed E-state index contributed by atoms with van der Waals surface area (Å²) in [4.78, 5) is 0. The minimum atomic E-state index is -0.458. The van der Waals surface area contributed by atoms with Gasteiger partial charge in [-0.25, -0.2) is 0 Å². The minimum Gasteiger partial charge on any atom is -0.496 e. The molecule has 0 heterocycles. The molecule has 18 heavy (non-hydrogen) atoms. The Hall–Kier alpha value is -1.10. The van der Waals surface area contributed by atoms with Crippen molar-refractivity contribution in [3.05, 3.63) is 29.8 Å². The van der Waals surface area contributed by atoms with Crippen LogP contribution in [0.3, 0.4) is 0 Å². The topological polar surface area (TPSA) is 61.7 Å². The van der Waals surface area contributed by atoms with E-state index in [1.54, 1.807) is 7.11 Å². The number of methoxy groups -OCH3 is 1. The van der Waals surface area contributed by atoms with Crippen molar-refractivity contribution >= 4 is 0 Å². The van der Waals surface area contributed by atoms with Gasteiger partial charge in [0, 0.05) is 12.0 Å². The van der Waals surface area contributed by atoms with Crippen molar-refractivity contribution in [2.24, 2.45) is 5.41 Å². The van der Waals surface area contributed by atoms with E-state index in [0.717, 1.165) is 24.3 Å². The molecule has 0 unspecified atom stereocenters. The van der Waals surface area contributed by atoms with Crippen molar-refractivity contribution in [3.63, 3.8) is 0 Å². The summed E-state index contributed by atoms with van der Waals surface area (Å²) in [6, 6.07) is 7.92. The maximum Gasteiger partial charge on any atom is 0.122 e. The molecule has 0 fully saturated rings. The Morgan fingerprint density at radius 1 is 1.22 bits per heavy atom. The molecule has 102 valence electrons. The van der Waals surface area contributed by atoms with Crippen LogP contribution in [0.2, 0.25) is 0 Å². The Balaban J connectivity index is 2.38. The first-order valence-electron chi connectivity index (χ1n) is 6.19. The second-order valence-electron chi connectivity index (χ2n) is 4.87. The Morgan fingerprint density at radius 2 is 1.89 bits per heavy atom. The number of hydrogen-bond donors (Lipinski definition) is 3. The van der Waals surface area contributed by atoms with Crippen LogP contribution < -0.4 is 10.1 Å². The molecule has 4 nitrogen and oxygen atoms in total. The van der Waals surface area contributed by atoms with Gasteiger partial charge in [0.15, 0.2) is 0 Å². The first kappa shape index (κ1) is 15.0. The quantitative estimate of drug-likeness (QED) is 0.600. The van der Waals surface area contributed by atoms with Gasteiger partial charge in [-0.15, -0.1) is 0 Å². The molecule has 0 amide bonds. The third kappa shape index (κ3) is 4.29. The van der Waals surface area contributed by atoms with Crippen LogP contribution in [0.4, 0.5) is 0 Å². The Labute approximate surface area is 109 Å². The highest BCUT2D eigenvalue weighted by Crippen LogP contribution is 2.17. The van der Waals surface area contributed by atoms with E-state index in [-0.39, 0.29) is 13.2 Å². The van der Waals surface area contributed by atoms with Gasteiger partial charge in [-0.1, -0.05) is 25.1 Å². The van der Waals surface area contributed by atoms with Crippen molar-refractivity contribution in [1.82, 2.24) is 5.32 Å². The number of para-hydroxylation sites is 1. The first-order valence-corrected chi connectivity index (χ1v) is 6.19. The summed E-state index contributed by atoms with van der Waals surface area (Å²) >= 11 is 0. The maximum atomic E-state index is 9.16. The molecular weight excluding hydrogens is 230 g/mol. The highest BCUT2D eigenvalue weighted by atomic mass is 16.5. The van der Waals surface area contributed by atoms with Gasteiger partial charge in [0.05, 0.1) is 20.3 Å². The zero-order valence-corrected chi connectivity index (χ0v) is 11.1. The van der Waals surface area contributed by atoms with Gasteiger partial charge in [0.1, 0.15) is 5.75 Å². The van der Waals surface area contributed by atoms with Crippen molar-refractivity contribution < 1.29 is 14.9 Å². The molecule has 0 aliphatic rings. The van der Waals surface area contributed by atoms with Crippen molar-refractivity contribution in [1.29, 1.82) is 0 Å². The molecule has 0 radical (unpaired) electrons. The fourth-order valence-corrected chi connectivity index (χ4v) is 1.68. The van der Waals surface area contributed by atoms with Gasteiger partial charge >= 0.3 is 0 Å². The lowest BCUT2D eigenvalue weighted by atomic mass is 9.93. The van der Waals surface area contributed by atoms with Crippen LogP contribution in [0.5, 0.6) is 5.75 Å². The fraction of sp³-hybridized carbons (Fsp3) is 0.571. The standard InChI is InChI=1S/C14H23NO3/c1-14(10-16,11-17)9-15-8-7-12-5-3-4-6-13(12)18-2/h3-6,15-17H,7-11H2,1-2H3. The molecule has 0 saturated carbocycles. The summed E-state index contributed by atoms with van der Waals surface area (Å²) < 4.78 is 5.28. The molecular formula is C14H23NO3. The van der Waals surface area contributed by atoms with E-state index in [1.165, 1.54) is 0 Å². The maximum absolute atomic E-state index is 9.16. The summed E-state index contributed by atoms with van der Waals surface area (Å²) in [6.45, 7) is 3.19. The lowest BCUT2D eigenvalue weighted by molar-refractivity contribution is 0.0700. The first-order chi connectivity index (χ1) is 8.65. The zero-order chi connectivity index (χ0) is 13.4. The fourth-order valence-electron chi connectivity index (χ4n) is 1.68.